The maximum atomic E-state index is 13.9. The van der Waals surface area contributed by atoms with Gasteiger partial charge >= 0.3 is 0 Å². The molecule has 122 valence electrons. The standard InChI is InChI=1S/C17H24ClFN2O/c1-13(17(22)21-10-5-3-4-6-11-21)20(2)12-14-15(18)8-7-9-16(14)19/h7-9,13H,3-6,10-12H2,1-2H3. The summed E-state index contributed by atoms with van der Waals surface area (Å²) in [5.41, 5.74) is 0.446. The van der Waals surface area contributed by atoms with Gasteiger partial charge in [-0.1, -0.05) is 30.5 Å². The molecular weight excluding hydrogens is 303 g/mol. The first kappa shape index (κ1) is 17.2. The number of likely N-dealkylation sites (N-methyl/N-ethyl adjacent to an activating group) is 1. The van der Waals surface area contributed by atoms with Crippen LogP contribution < -0.4 is 0 Å². The highest BCUT2D eigenvalue weighted by atomic mass is 35.5. The Balaban J connectivity index is 2.01. The van der Waals surface area contributed by atoms with Gasteiger partial charge in [-0.3, -0.25) is 9.69 Å². The molecule has 0 spiro atoms. The zero-order valence-corrected chi connectivity index (χ0v) is 14.1. The minimum atomic E-state index is -0.325. The van der Waals surface area contributed by atoms with Gasteiger partial charge in [-0.2, -0.15) is 0 Å². The van der Waals surface area contributed by atoms with E-state index >= 15 is 0 Å². The fourth-order valence-electron chi connectivity index (χ4n) is 2.81. The van der Waals surface area contributed by atoms with E-state index in [-0.39, 0.29) is 17.8 Å². The monoisotopic (exact) mass is 326 g/mol. The van der Waals surface area contributed by atoms with Crippen molar-refractivity contribution in [1.82, 2.24) is 9.80 Å². The maximum Gasteiger partial charge on any atom is 0.239 e. The van der Waals surface area contributed by atoms with Crippen LogP contribution in [0.15, 0.2) is 18.2 Å². The Labute approximate surface area is 137 Å². The van der Waals surface area contributed by atoms with Gasteiger partial charge in [0.2, 0.25) is 5.91 Å². The smallest absolute Gasteiger partial charge is 0.239 e. The molecule has 1 aliphatic rings. The molecule has 0 aliphatic carbocycles. The highest BCUT2D eigenvalue weighted by molar-refractivity contribution is 6.31. The Morgan fingerprint density at radius 3 is 2.55 bits per heavy atom. The van der Waals surface area contributed by atoms with Crippen LogP contribution in [0.2, 0.25) is 5.02 Å². The highest BCUT2D eigenvalue weighted by Gasteiger charge is 2.25. The molecule has 1 aromatic rings. The largest absolute Gasteiger partial charge is 0.341 e. The summed E-state index contributed by atoms with van der Waals surface area (Å²) in [7, 11) is 1.84. The number of amides is 1. The van der Waals surface area contributed by atoms with Gasteiger partial charge in [0.1, 0.15) is 5.82 Å². The lowest BCUT2D eigenvalue weighted by atomic mass is 10.1. The van der Waals surface area contributed by atoms with Gasteiger partial charge in [-0.05, 0) is 38.9 Å². The lowest BCUT2D eigenvalue weighted by Gasteiger charge is -2.30. The van der Waals surface area contributed by atoms with Crippen LogP contribution in [-0.4, -0.2) is 41.9 Å². The Hall–Kier alpha value is -1.13. The van der Waals surface area contributed by atoms with Crippen LogP contribution in [0.5, 0.6) is 0 Å². The maximum absolute atomic E-state index is 13.9. The van der Waals surface area contributed by atoms with E-state index < -0.39 is 0 Å². The van der Waals surface area contributed by atoms with E-state index in [1.54, 1.807) is 12.1 Å². The summed E-state index contributed by atoms with van der Waals surface area (Å²) in [5, 5.41) is 0.404. The second-order valence-corrected chi connectivity index (χ2v) is 6.44. The zero-order chi connectivity index (χ0) is 16.1. The third-order valence-corrected chi connectivity index (χ3v) is 4.76. The molecule has 1 fully saturated rings. The fraction of sp³-hybridized carbons (Fsp3) is 0.588. The van der Waals surface area contributed by atoms with Crippen LogP contribution in [-0.2, 0) is 11.3 Å². The van der Waals surface area contributed by atoms with Crippen LogP contribution in [0.1, 0.15) is 38.2 Å². The van der Waals surface area contributed by atoms with Gasteiger partial charge in [-0.25, -0.2) is 4.39 Å². The molecule has 1 atom stereocenters. The van der Waals surface area contributed by atoms with Gasteiger partial charge in [0, 0.05) is 30.2 Å². The van der Waals surface area contributed by atoms with E-state index in [0.717, 1.165) is 25.9 Å². The SMILES string of the molecule is CC(C(=O)N1CCCCCC1)N(C)Cc1c(F)cccc1Cl. The molecule has 5 heteroatoms. The average Bonchev–Trinajstić information content (AvgIpc) is 2.78. The third-order valence-electron chi connectivity index (χ3n) is 4.41. The second kappa shape index (κ2) is 7.93. The summed E-state index contributed by atoms with van der Waals surface area (Å²) in [6.45, 7) is 3.86. The van der Waals surface area contributed by atoms with Gasteiger partial charge in [-0.15, -0.1) is 0 Å². The molecule has 1 heterocycles. The van der Waals surface area contributed by atoms with Crippen molar-refractivity contribution >= 4 is 17.5 Å². The van der Waals surface area contributed by atoms with Crippen molar-refractivity contribution in [2.45, 2.75) is 45.2 Å². The van der Waals surface area contributed by atoms with Crippen molar-refractivity contribution in [3.63, 3.8) is 0 Å². The van der Waals surface area contributed by atoms with Crippen molar-refractivity contribution in [2.75, 3.05) is 20.1 Å². The summed E-state index contributed by atoms with van der Waals surface area (Å²) in [6.07, 6.45) is 4.53. The first-order chi connectivity index (χ1) is 10.5. The number of likely N-dealkylation sites (tertiary alicyclic amines) is 1. The molecule has 2 rings (SSSR count). The summed E-state index contributed by atoms with van der Waals surface area (Å²) < 4.78 is 13.9. The zero-order valence-electron chi connectivity index (χ0n) is 13.3. The van der Waals surface area contributed by atoms with Crippen LogP contribution in [0.3, 0.4) is 0 Å². The predicted octanol–water partition coefficient (Wildman–Crippen LogP) is 3.70. The third kappa shape index (κ3) is 4.20. The van der Waals surface area contributed by atoms with E-state index in [1.165, 1.54) is 18.9 Å². The topological polar surface area (TPSA) is 23.6 Å². The van der Waals surface area contributed by atoms with E-state index in [1.807, 2.05) is 23.8 Å². The molecule has 0 radical (unpaired) electrons. The van der Waals surface area contributed by atoms with E-state index in [2.05, 4.69) is 0 Å². The number of hydrogen-bond donors (Lipinski definition) is 0. The van der Waals surface area contributed by atoms with Crippen LogP contribution in [0, 0.1) is 5.82 Å². The van der Waals surface area contributed by atoms with Crippen molar-refractivity contribution in [3.05, 3.63) is 34.6 Å². The minimum absolute atomic E-state index is 0.122. The number of carbonyl (C=O) groups excluding carboxylic acids is 1. The van der Waals surface area contributed by atoms with Gasteiger partial charge in [0.05, 0.1) is 6.04 Å². The molecular formula is C17H24ClFN2O. The molecule has 0 aromatic heterocycles. The highest BCUT2D eigenvalue weighted by Crippen LogP contribution is 2.21. The Morgan fingerprint density at radius 2 is 1.95 bits per heavy atom. The number of carbonyl (C=O) groups is 1. The molecule has 1 aromatic carbocycles. The Morgan fingerprint density at radius 1 is 1.32 bits per heavy atom. The van der Waals surface area contributed by atoms with Gasteiger partial charge in [0.25, 0.3) is 0 Å². The molecule has 1 amide bonds. The molecule has 0 bridgehead atoms. The van der Waals surface area contributed by atoms with Crippen molar-refractivity contribution in [3.8, 4) is 0 Å². The summed E-state index contributed by atoms with van der Waals surface area (Å²) in [4.78, 5) is 16.4. The number of nitrogens with zero attached hydrogens (tertiary/aromatic N) is 2. The van der Waals surface area contributed by atoms with Crippen molar-refractivity contribution in [2.24, 2.45) is 0 Å². The Kier molecular flexibility index (Phi) is 6.21. The molecule has 3 nitrogen and oxygen atoms in total. The number of hydrogen-bond acceptors (Lipinski definition) is 2. The second-order valence-electron chi connectivity index (χ2n) is 6.03. The summed E-state index contributed by atoms with van der Waals surface area (Å²) in [6, 6.07) is 4.38. The van der Waals surface area contributed by atoms with Crippen LogP contribution >= 0.6 is 11.6 Å². The van der Waals surface area contributed by atoms with E-state index in [9.17, 15) is 9.18 Å². The quantitative estimate of drug-likeness (QED) is 0.842. The Bertz CT molecular complexity index is 495. The van der Waals surface area contributed by atoms with Crippen molar-refractivity contribution < 1.29 is 9.18 Å². The summed E-state index contributed by atoms with van der Waals surface area (Å²) >= 11 is 6.07. The molecule has 1 aliphatic heterocycles. The van der Waals surface area contributed by atoms with Crippen LogP contribution in [0.25, 0.3) is 0 Å². The fourth-order valence-corrected chi connectivity index (χ4v) is 3.04. The van der Waals surface area contributed by atoms with E-state index in [0.29, 0.717) is 17.1 Å². The summed E-state index contributed by atoms with van der Waals surface area (Å²) in [5.74, 6) is -0.203. The molecule has 1 unspecified atom stereocenters. The number of rotatable bonds is 4. The van der Waals surface area contributed by atoms with E-state index in [4.69, 9.17) is 11.6 Å². The minimum Gasteiger partial charge on any atom is -0.341 e. The molecule has 1 saturated heterocycles. The van der Waals surface area contributed by atoms with Gasteiger partial charge in [0.15, 0.2) is 0 Å². The molecule has 0 N–H and O–H groups in total. The van der Waals surface area contributed by atoms with Crippen LogP contribution in [0.4, 0.5) is 4.39 Å². The normalized spacial score (nSPS) is 17.4. The predicted molar refractivity (Wildman–Crippen MR) is 87.4 cm³/mol. The number of halogens is 2. The lowest BCUT2D eigenvalue weighted by Crippen LogP contribution is -2.45. The number of benzene rings is 1. The van der Waals surface area contributed by atoms with Crippen molar-refractivity contribution in [1.29, 1.82) is 0 Å². The lowest BCUT2D eigenvalue weighted by molar-refractivity contribution is -0.136. The first-order valence-corrected chi connectivity index (χ1v) is 8.30. The molecule has 0 saturated carbocycles. The average molecular weight is 327 g/mol. The molecule has 22 heavy (non-hydrogen) atoms. The first-order valence-electron chi connectivity index (χ1n) is 7.92. The van der Waals surface area contributed by atoms with Gasteiger partial charge < -0.3 is 4.90 Å².